The van der Waals surface area contributed by atoms with Gasteiger partial charge in [-0.25, -0.2) is 0 Å². The number of fused-ring (bicyclic) bond motifs is 1. The Kier molecular flexibility index (Phi) is 6.52. The van der Waals surface area contributed by atoms with Gasteiger partial charge in [0.2, 0.25) is 5.91 Å². The second-order valence-corrected chi connectivity index (χ2v) is 10.2. The number of nitrogens with one attached hydrogen (secondary N) is 2. The molecule has 0 spiro atoms. The molecular weight excluding hydrogens is 414 g/mol. The van der Waals surface area contributed by atoms with Gasteiger partial charge >= 0.3 is 0 Å². The third kappa shape index (κ3) is 4.57. The average Bonchev–Trinajstić information content (AvgIpc) is 2.87. The molecular formula is C27H35N3O3. The summed E-state index contributed by atoms with van der Waals surface area (Å²) in [7, 11) is 0. The van der Waals surface area contributed by atoms with Gasteiger partial charge in [-0.15, -0.1) is 0 Å². The van der Waals surface area contributed by atoms with E-state index in [1.807, 2.05) is 0 Å². The zero-order chi connectivity index (χ0) is 22.8. The number of aryl methyl sites for hydroxylation is 1. The van der Waals surface area contributed by atoms with Crippen LogP contribution in [0.3, 0.4) is 0 Å². The standard InChI is InChI=1S/C27H35N3O3/c31-25-23(24(26(25)32)30-15-4-1-5-16-30)28-17-18-11-13-20(14-12-18)27(33)29-22-10-6-8-19-7-2-3-9-21(19)22/h2-3,7,9,18,20,22,28H,1,4-6,8,10-17H2,(H,29,33). The second kappa shape index (κ2) is 9.70. The number of rotatable bonds is 6. The zero-order valence-corrected chi connectivity index (χ0v) is 19.4. The van der Waals surface area contributed by atoms with Gasteiger partial charge in [0, 0.05) is 25.6 Å². The molecule has 1 amide bonds. The molecule has 33 heavy (non-hydrogen) atoms. The van der Waals surface area contributed by atoms with Crippen molar-refractivity contribution in [2.45, 2.75) is 70.3 Å². The van der Waals surface area contributed by atoms with E-state index in [-0.39, 0.29) is 28.7 Å². The predicted octanol–water partition coefficient (Wildman–Crippen LogP) is 3.69. The molecule has 6 heteroatoms. The summed E-state index contributed by atoms with van der Waals surface area (Å²) in [5.41, 5.74) is 3.09. The SMILES string of the molecule is O=C(NC1CCCc2ccccc21)C1CCC(CNc2c(N3CCCCC3)c(=O)c2=O)CC1. The third-order valence-corrected chi connectivity index (χ3v) is 8.03. The van der Waals surface area contributed by atoms with Crippen LogP contribution in [0.1, 0.15) is 75.0 Å². The van der Waals surface area contributed by atoms with Gasteiger partial charge in [-0.2, -0.15) is 0 Å². The lowest BCUT2D eigenvalue weighted by atomic mass is 9.81. The number of anilines is 2. The molecule has 5 rings (SSSR count). The van der Waals surface area contributed by atoms with Crippen LogP contribution < -0.4 is 26.4 Å². The van der Waals surface area contributed by atoms with E-state index in [4.69, 9.17) is 0 Å². The molecule has 1 saturated heterocycles. The summed E-state index contributed by atoms with van der Waals surface area (Å²) in [5.74, 6) is 0.700. The molecule has 2 aromatic rings. The molecule has 3 aliphatic rings. The van der Waals surface area contributed by atoms with Gasteiger partial charge < -0.3 is 15.5 Å². The molecule has 176 valence electrons. The van der Waals surface area contributed by atoms with Crippen molar-refractivity contribution in [1.82, 2.24) is 5.32 Å². The lowest BCUT2D eigenvalue weighted by Gasteiger charge is -2.33. The molecule has 1 heterocycles. The van der Waals surface area contributed by atoms with E-state index in [0.717, 1.165) is 70.9 Å². The van der Waals surface area contributed by atoms with Gasteiger partial charge in [0.25, 0.3) is 10.9 Å². The third-order valence-electron chi connectivity index (χ3n) is 8.03. The lowest BCUT2D eigenvalue weighted by Crippen LogP contribution is -2.45. The zero-order valence-electron chi connectivity index (χ0n) is 19.4. The Morgan fingerprint density at radius 2 is 1.67 bits per heavy atom. The number of amides is 1. The molecule has 0 aromatic heterocycles. The number of carbonyl (C=O) groups excluding carboxylic acids is 1. The molecule has 1 aliphatic heterocycles. The van der Waals surface area contributed by atoms with Crippen LogP contribution in [0, 0.1) is 11.8 Å². The Balaban J connectivity index is 1.11. The minimum absolute atomic E-state index is 0.0744. The highest BCUT2D eigenvalue weighted by Gasteiger charge is 2.31. The van der Waals surface area contributed by atoms with Gasteiger partial charge in [0.1, 0.15) is 11.4 Å². The van der Waals surface area contributed by atoms with Crippen LogP contribution in [-0.2, 0) is 11.2 Å². The van der Waals surface area contributed by atoms with Crippen LogP contribution in [0.25, 0.3) is 0 Å². The van der Waals surface area contributed by atoms with E-state index in [1.165, 1.54) is 17.5 Å². The Morgan fingerprint density at radius 1 is 0.909 bits per heavy atom. The number of hydrogen-bond acceptors (Lipinski definition) is 5. The van der Waals surface area contributed by atoms with Crippen molar-refractivity contribution in [3.63, 3.8) is 0 Å². The topological polar surface area (TPSA) is 78.5 Å². The van der Waals surface area contributed by atoms with Crippen LogP contribution in [0.15, 0.2) is 33.9 Å². The first kappa shape index (κ1) is 22.2. The summed E-state index contributed by atoms with van der Waals surface area (Å²) in [5, 5.41) is 6.64. The minimum atomic E-state index is -0.364. The first-order valence-electron chi connectivity index (χ1n) is 12.8. The van der Waals surface area contributed by atoms with Crippen LogP contribution in [-0.4, -0.2) is 25.5 Å². The maximum Gasteiger partial charge on any atom is 0.253 e. The van der Waals surface area contributed by atoms with E-state index < -0.39 is 0 Å². The summed E-state index contributed by atoms with van der Waals surface area (Å²) < 4.78 is 0. The van der Waals surface area contributed by atoms with Crippen molar-refractivity contribution in [3.8, 4) is 0 Å². The number of hydrogen-bond donors (Lipinski definition) is 2. The first-order chi connectivity index (χ1) is 16.1. The summed E-state index contributed by atoms with van der Waals surface area (Å²) in [6, 6.07) is 8.62. The number of carbonyl (C=O) groups is 1. The highest BCUT2D eigenvalue weighted by Crippen LogP contribution is 2.33. The van der Waals surface area contributed by atoms with Gasteiger partial charge in [-0.1, -0.05) is 24.3 Å². The van der Waals surface area contributed by atoms with E-state index >= 15 is 0 Å². The maximum atomic E-state index is 13.0. The molecule has 2 aliphatic carbocycles. The largest absolute Gasteiger partial charge is 0.380 e. The van der Waals surface area contributed by atoms with Gasteiger partial charge in [0.15, 0.2) is 0 Å². The molecule has 0 bridgehead atoms. The van der Waals surface area contributed by atoms with Crippen LogP contribution >= 0.6 is 0 Å². The van der Waals surface area contributed by atoms with Crippen LogP contribution in [0.2, 0.25) is 0 Å². The molecule has 2 aromatic carbocycles. The quantitative estimate of drug-likeness (QED) is 0.658. The van der Waals surface area contributed by atoms with Crippen molar-refractivity contribution in [1.29, 1.82) is 0 Å². The number of benzene rings is 1. The van der Waals surface area contributed by atoms with Crippen molar-refractivity contribution >= 4 is 17.3 Å². The minimum Gasteiger partial charge on any atom is -0.380 e. The smallest absolute Gasteiger partial charge is 0.253 e. The highest BCUT2D eigenvalue weighted by molar-refractivity contribution is 5.79. The van der Waals surface area contributed by atoms with Gasteiger partial charge in [-0.3, -0.25) is 14.4 Å². The highest BCUT2D eigenvalue weighted by atomic mass is 16.2. The molecule has 1 saturated carbocycles. The molecule has 0 radical (unpaired) electrons. The van der Waals surface area contributed by atoms with Gasteiger partial charge in [0.05, 0.1) is 6.04 Å². The Labute approximate surface area is 195 Å². The van der Waals surface area contributed by atoms with Crippen molar-refractivity contribution in [2.24, 2.45) is 11.8 Å². The fourth-order valence-corrected chi connectivity index (χ4v) is 6.03. The van der Waals surface area contributed by atoms with E-state index in [2.05, 4.69) is 39.8 Å². The fourth-order valence-electron chi connectivity index (χ4n) is 6.03. The average molecular weight is 450 g/mol. The lowest BCUT2D eigenvalue weighted by molar-refractivity contribution is -0.127. The van der Waals surface area contributed by atoms with Crippen molar-refractivity contribution < 1.29 is 4.79 Å². The van der Waals surface area contributed by atoms with Crippen molar-refractivity contribution in [3.05, 3.63) is 55.8 Å². The predicted molar refractivity (Wildman–Crippen MR) is 132 cm³/mol. The Hall–Kier alpha value is -2.63. The first-order valence-corrected chi connectivity index (χ1v) is 12.8. The number of piperidine rings is 1. The Bertz CT molecular complexity index is 1060. The van der Waals surface area contributed by atoms with E-state index in [9.17, 15) is 14.4 Å². The fraction of sp³-hybridized carbons (Fsp3) is 0.593. The van der Waals surface area contributed by atoms with Crippen LogP contribution in [0.5, 0.6) is 0 Å². The monoisotopic (exact) mass is 449 g/mol. The summed E-state index contributed by atoms with van der Waals surface area (Å²) >= 11 is 0. The summed E-state index contributed by atoms with van der Waals surface area (Å²) in [4.78, 5) is 39.4. The van der Waals surface area contributed by atoms with Crippen LogP contribution in [0.4, 0.5) is 11.4 Å². The maximum absolute atomic E-state index is 13.0. The van der Waals surface area contributed by atoms with Crippen molar-refractivity contribution in [2.75, 3.05) is 29.9 Å². The normalized spacial score (nSPS) is 25.5. The summed E-state index contributed by atoms with van der Waals surface area (Å²) in [6.45, 7) is 2.44. The second-order valence-electron chi connectivity index (χ2n) is 10.2. The van der Waals surface area contributed by atoms with Gasteiger partial charge in [-0.05, 0) is 81.3 Å². The molecule has 1 atom stereocenters. The van der Waals surface area contributed by atoms with E-state index in [0.29, 0.717) is 23.8 Å². The Morgan fingerprint density at radius 3 is 2.45 bits per heavy atom. The molecule has 6 nitrogen and oxygen atoms in total. The molecule has 1 unspecified atom stereocenters. The number of nitrogens with zero attached hydrogens (tertiary/aromatic N) is 1. The molecule has 2 N–H and O–H groups in total. The van der Waals surface area contributed by atoms with E-state index in [1.54, 1.807) is 0 Å². The molecule has 2 fully saturated rings. The summed E-state index contributed by atoms with van der Waals surface area (Å²) in [6.07, 6.45) is 10.3.